The highest BCUT2D eigenvalue weighted by Crippen LogP contribution is 2.55. The molecule has 2 rings (SSSR count). The first-order valence-corrected chi connectivity index (χ1v) is 8.39. The van der Waals surface area contributed by atoms with E-state index in [1.165, 1.54) is 19.8 Å². The molecule has 2 aliphatic heterocycles. The lowest BCUT2D eigenvalue weighted by Gasteiger charge is -2.40. The molecule has 0 saturated carbocycles. The maximum Gasteiger partial charge on any atom is 0.280 e. The summed E-state index contributed by atoms with van der Waals surface area (Å²) < 4.78 is 17.1. The Balaban J connectivity index is 2.17. The van der Waals surface area contributed by atoms with Crippen molar-refractivity contribution in [2.24, 2.45) is 0 Å². The van der Waals surface area contributed by atoms with Gasteiger partial charge in [-0.3, -0.25) is 9.36 Å². The lowest BCUT2D eigenvalue weighted by molar-refractivity contribution is -0.111. The maximum atomic E-state index is 13.1. The summed E-state index contributed by atoms with van der Waals surface area (Å²) in [4.78, 5) is 11.9. The molecule has 98 valence electrons. The molecule has 0 aliphatic carbocycles. The third-order valence-corrected chi connectivity index (χ3v) is 7.00. The fraction of sp³-hybridized carbons (Fsp3) is 0.917. The standard InChI is InChI=1S/C12H23N2O2P/c1-12(15)17(16,13-8-4-2-5-9-13)14-10-6-3-7-11-14/h2-11H2,1H3. The first-order valence-electron chi connectivity index (χ1n) is 6.78. The van der Waals surface area contributed by atoms with Gasteiger partial charge >= 0.3 is 0 Å². The van der Waals surface area contributed by atoms with Gasteiger partial charge in [0.25, 0.3) is 7.44 Å². The second kappa shape index (κ2) is 5.64. The lowest BCUT2D eigenvalue weighted by Crippen LogP contribution is -2.39. The fourth-order valence-corrected chi connectivity index (χ4v) is 5.68. The van der Waals surface area contributed by atoms with Crippen LogP contribution in [0.5, 0.6) is 0 Å². The molecule has 5 heteroatoms. The SMILES string of the molecule is CC(=O)P(=O)(N1CCCCC1)N1CCCCC1. The number of hydrogen-bond acceptors (Lipinski definition) is 2. The minimum Gasteiger partial charge on any atom is -0.288 e. The maximum absolute atomic E-state index is 13.1. The number of hydrogen-bond donors (Lipinski definition) is 0. The average molecular weight is 258 g/mol. The Bertz CT molecular complexity index is 298. The Morgan fingerprint density at radius 3 is 1.47 bits per heavy atom. The molecular formula is C12H23N2O2P. The zero-order valence-electron chi connectivity index (χ0n) is 10.7. The highest BCUT2D eigenvalue weighted by atomic mass is 31.2. The lowest BCUT2D eigenvalue weighted by atomic mass is 10.2. The van der Waals surface area contributed by atoms with Crippen molar-refractivity contribution < 1.29 is 9.36 Å². The first-order chi connectivity index (χ1) is 8.15. The van der Waals surface area contributed by atoms with Crippen molar-refractivity contribution >= 4 is 13.0 Å². The van der Waals surface area contributed by atoms with Gasteiger partial charge in [0.2, 0.25) is 5.52 Å². The van der Waals surface area contributed by atoms with Crippen LogP contribution in [0.3, 0.4) is 0 Å². The van der Waals surface area contributed by atoms with Gasteiger partial charge in [-0.2, -0.15) is 0 Å². The molecule has 0 spiro atoms. The van der Waals surface area contributed by atoms with Crippen molar-refractivity contribution in [1.29, 1.82) is 0 Å². The third-order valence-electron chi connectivity index (χ3n) is 3.84. The minimum absolute atomic E-state index is 0.124. The Kier molecular flexibility index (Phi) is 4.40. The Morgan fingerprint density at radius 1 is 0.824 bits per heavy atom. The molecule has 0 aromatic rings. The molecule has 2 aliphatic rings. The van der Waals surface area contributed by atoms with E-state index in [1.54, 1.807) is 0 Å². The van der Waals surface area contributed by atoms with Crippen LogP contribution >= 0.6 is 7.44 Å². The summed E-state index contributed by atoms with van der Waals surface area (Å²) in [6.07, 6.45) is 6.70. The van der Waals surface area contributed by atoms with E-state index in [0.29, 0.717) is 0 Å². The summed E-state index contributed by atoms with van der Waals surface area (Å²) in [6.45, 7) is 4.81. The van der Waals surface area contributed by atoms with Gasteiger partial charge in [0.15, 0.2) is 0 Å². The highest BCUT2D eigenvalue weighted by Gasteiger charge is 2.42. The Morgan fingerprint density at radius 2 is 1.18 bits per heavy atom. The molecule has 0 aromatic carbocycles. The monoisotopic (exact) mass is 258 g/mol. The molecule has 2 fully saturated rings. The predicted molar refractivity (Wildman–Crippen MR) is 69.1 cm³/mol. The van der Waals surface area contributed by atoms with Crippen LogP contribution in [-0.2, 0) is 9.36 Å². The molecule has 0 bridgehead atoms. The van der Waals surface area contributed by atoms with Crippen molar-refractivity contribution in [3.63, 3.8) is 0 Å². The van der Waals surface area contributed by atoms with Crippen LogP contribution in [0.4, 0.5) is 0 Å². The van der Waals surface area contributed by atoms with Gasteiger partial charge in [0, 0.05) is 33.1 Å². The van der Waals surface area contributed by atoms with E-state index in [9.17, 15) is 9.36 Å². The molecule has 4 nitrogen and oxygen atoms in total. The zero-order valence-corrected chi connectivity index (χ0v) is 11.6. The molecule has 17 heavy (non-hydrogen) atoms. The number of carbonyl (C=O) groups excluding carboxylic acids is 1. The zero-order chi connectivity index (χ0) is 12.3. The smallest absolute Gasteiger partial charge is 0.280 e. The van der Waals surface area contributed by atoms with Crippen LogP contribution in [0.2, 0.25) is 0 Å². The van der Waals surface area contributed by atoms with E-state index in [4.69, 9.17) is 0 Å². The third kappa shape index (κ3) is 2.64. The minimum atomic E-state index is -2.91. The summed E-state index contributed by atoms with van der Waals surface area (Å²) in [5, 5.41) is 0. The van der Waals surface area contributed by atoms with Gasteiger partial charge in [-0.05, 0) is 25.7 Å². The number of carbonyl (C=O) groups is 1. The van der Waals surface area contributed by atoms with Gasteiger partial charge in [0.05, 0.1) is 0 Å². The summed E-state index contributed by atoms with van der Waals surface area (Å²) in [7, 11) is -2.91. The molecule has 0 aromatic heterocycles. The van der Waals surface area contributed by atoms with Crippen molar-refractivity contribution in [3.8, 4) is 0 Å². The summed E-state index contributed by atoms with van der Waals surface area (Å²) in [6, 6.07) is 0. The van der Waals surface area contributed by atoms with Crippen LogP contribution in [-0.4, -0.2) is 41.0 Å². The second-order valence-corrected chi connectivity index (χ2v) is 7.94. The number of nitrogens with zero attached hydrogens (tertiary/aromatic N) is 2. The van der Waals surface area contributed by atoms with Crippen LogP contribution in [0.15, 0.2) is 0 Å². The van der Waals surface area contributed by atoms with Crippen LogP contribution < -0.4 is 0 Å². The summed E-state index contributed by atoms with van der Waals surface area (Å²) >= 11 is 0. The molecule has 0 unspecified atom stereocenters. The van der Waals surface area contributed by atoms with Crippen LogP contribution in [0, 0.1) is 0 Å². The summed E-state index contributed by atoms with van der Waals surface area (Å²) in [5.74, 6) is 0. The van der Waals surface area contributed by atoms with E-state index < -0.39 is 7.44 Å². The van der Waals surface area contributed by atoms with Gasteiger partial charge < -0.3 is 0 Å². The molecule has 0 radical (unpaired) electrons. The molecule has 2 saturated heterocycles. The molecular weight excluding hydrogens is 235 g/mol. The van der Waals surface area contributed by atoms with E-state index >= 15 is 0 Å². The van der Waals surface area contributed by atoms with Crippen molar-refractivity contribution in [3.05, 3.63) is 0 Å². The van der Waals surface area contributed by atoms with Crippen molar-refractivity contribution in [2.75, 3.05) is 26.2 Å². The van der Waals surface area contributed by atoms with Gasteiger partial charge in [-0.15, -0.1) is 0 Å². The average Bonchev–Trinajstić information content (AvgIpc) is 2.39. The van der Waals surface area contributed by atoms with Crippen molar-refractivity contribution in [1.82, 2.24) is 9.34 Å². The normalized spacial score (nSPS) is 24.8. The number of piperidine rings is 2. The predicted octanol–water partition coefficient (Wildman–Crippen LogP) is 2.70. The summed E-state index contributed by atoms with van der Waals surface area (Å²) in [5.41, 5.74) is -0.124. The van der Waals surface area contributed by atoms with E-state index in [2.05, 4.69) is 0 Å². The van der Waals surface area contributed by atoms with E-state index in [-0.39, 0.29) is 5.52 Å². The molecule has 0 amide bonds. The fourth-order valence-electron chi connectivity index (χ4n) is 2.87. The second-order valence-electron chi connectivity index (χ2n) is 5.09. The van der Waals surface area contributed by atoms with Gasteiger partial charge in [-0.25, -0.2) is 9.34 Å². The molecule has 0 N–H and O–H groups in total. The Hall–Kier alpha value is -0.180. The Labute approximate surface area is 104 Å². The van der Waals surface area contributed by atoms with Gasteiger partial charge in [0.1, 0.15) is 0 Å². The van der Waals surface area contributed by atoms with E-state index in [0.717, 1.165) is 51.9 Å². The van der Waals surface area contributed by atoms with Gasteiger partial charge in [-0.1, -0.05) is 12.8 Å². The number of rotatable bonds is 3. The van der Waals surface area contributed by atoms with E-state index in [1.807, 2.05) is 9.34 Å². The van der Waals surface area contributed by atoms with Crippen LogP contribution in [0.25, 0.3) is 0 Å². The molecule has 0 atom stereocenters. The quantitative estimate of drug-likeness (QED) is 0.730. The van der Waals surface area contributed by atoms with Crippen LogP contribution in [0.1, 0.15) is 45.4 Å². The van der Waals surface area contributed by atoms with Crippen molar-refractivity contribution in [2.45, 2.75) is 45.4 Å². The largest absolute Gasteiger partial charge is 0.288 e. The first kappa shape index (κ1) is 13.3. The highest BCUT2D eigenvalue weighted by molar-refractivity contribution is 7.76. The molecule has 2 heterocycles. The topological polar surface area (TPSA) is 40.6 Å².